The molecule has 0 radical (unpaired) electrons. The van der Waals surface area contributed by atoms with Crippen LogP contribution in [0.15, 0.2) is 55.0 Å². The molecule has 2 fully saturated rings. The Hall–Kier alpha value is -4.31. The molecule has 2 aliphatic heterocycles. The molecule has 0 aliphatic carbocycles. The lowest BCUT2D eigenvalue weighted by Gasteiger charge is -2.34. The summed E-state index contributed by atoms with van der Waals surface area (Å²) in [4.78, 5) is 20.4. The van der Waals surface area contributed by atoms with Gasteiger partial charge in [0.15, 0.2) is 5.82 Å². The van der Waals surface area contributed by atoms with E-state index in [1.807, 2.05) is 42.1 Å². The highest BCUT2D eigenvalue weighted by molar-refractivity contribution is 5.99. The predicted octanol–water partition coefficient (Wildman–Crippen LogP) is 3.99. The fourth-order valence-corrected chi connectivity index (χ4v) is 5.85. The molecule has 2 aliphatic rings. The number of phenolic OH excluding ortho intramolecular Hbond substituents is 1. The summed E-state index contributed by atoms with van der Waals surface area (Å²) < 4.78 is 24.3. The van der Waals surface area contributed by atoms with Crippen molar-refractivity contribution in [2.24, 2.45) is 7.05 Å². The van der Waals surface area contributed by atoms with E-state index in [9.17, 15) is 5.11 Å². The summed E-state index contributed by atoms with van der Waals surface area (Å²) in [6, 6.07) is 11.6. The molecule has 0 saturated carbocycles. The van der Waals surface area contributed by atoms with E-state index in [1.54, 1.807) is 24.5 Å². The minimum atomic E-state index is -0.570. The second-order valence-electron chi connectivity index (χ2n) is 10.3. The standard InChI is InChI=1S/C29H28FN7O2/c1-36-10-9-31-24(36)8-11-39-29-34-27-23(28(35-29)37-15-18-6-7-19(16-37)33-18)14-32-26(25(27)30)22-13-20(38)12-17-4-2-3-5-21(17)22/h2-5,9-10,12-14,18-19,33,38H,6-8,11,15-16H2,1H3/t18-,19+. The van der Waals surface area contributed by atoms with E-state index in [4.69, 9.17) is 9.72 Å². The number of hydrogen-bond acceptors (Lipinski definition) is 8. The number of ether oxygens (including phenoxy) is 1. The lowest BCUT2D eigenvalue weighted by Crippen LogP contribution is -2.51. The van der Waals surface area contributed by atoms with Crippen molar-refractivity contribution in [3.63, 3.8) is 0 Å². The lowest BCUT2D eigenvalue weighted by molar-refractivity contribution is 0.293. The number of anilines is 1. The molecule has 2 saturated heterocycles. The number of pyridine rings is 1. The molecule has 0 spiro atoms. The van der Waals surface area contributed by atoms with Crippen LogP contribution in [0.1, 0.15) is 18.7 Å². The fraction of sp³-hybridized carbons (Fsp3) is 0.310. The molecule has 0 unspecified atom stereocenters. The number of aromatic hydroxyl groups is 1. The predicted molar refractivity (Wildman–Crippen MR) is 146 cm³/mol. The molecule has 10 heteroatoms. The number of imidazole rings is 1. The zero-order chi connectivity index (χ0) is 26.5. The first-order valence-electron chi connectivity index (χ1n) is 13.2. The van der Waals surface area contributed by atoms with E-state index < -0.39 is 5.82 Å². The Kier molecular flexibility index (Phi) is 5.77. The van der Waals surface area contributed by atoms with Crippen LogP contribution < -0.4 is 15.0 Å². The van der Waals surface area contributed by atoms with Gasteiger partial charge in [-0.1, -0.05) is 24.3 Å². The second kappa shape index (κ2) is 9.46. The van der Waals surface area contributed by atoms with Crippen molar-refractivity contribution in [2.45, 2.75) is 31.3 Å². The number of fused-ring (bicyclic) bond motifs is 4. The highest BCUT2D eigenvalue weighted by atomic mass is 19.1. The first kappa shape index (κ1) is 23.8. The largest absolute Gasteiger partial charge is 0.508 e. The van der Waals surface area contributed by atoms with Crippen LogP contribution in [-0.4, -0.2) is 61.4 Å². The number of rotatable bonds is 6. The average molecular weight is 526 g/mol. The maximum absolute atomic E-state index is 16.4. The average Bonchev–Trinajstić information content (AvgIpc) is 3.51. The summed E-state index contributed by atoms with van der Waals surface area (Å²) >= 11 is 0. The quantitative estimate of drug-likeness (QED) is 0.343. The van der Waals surface area contributed by atoms with Crippen molar-refractivity contribution < 1.29 is 14.2 Å². The molecule has 2 atom stereocenters. The summed E-state index contributed by atoms with van der Waals surface area (Å²) in [7, 11) is 1.93. The van der Waals surface area contributed by atoms with Crippen molar-refractivity contribution in [2.75, 3.05) is 24.6 Å². The third kappa shape index (κ3) is 4.30. The Labute approximate surface area is 224 Å². The smallest absolute Gasteiger partial charge is 0.319 e. The molecular weight excluding hydrogens is 497 g/mol. The van der Waals surface area contributed by atoms with Gasteiger partial charge in [-0.25, -0.2) is 9.37 Å². The summed E-state index contributed by atoms with van der Waals surface area (Å²) in [5.74, 6) is 0.981. The number of nitrogens with zero attached hydrogens (tertiary/aromatic N) is 6. The lowest BCUT2D eigenvalue weighted by atomic mass is 10.0. The van der Waals surface area contributed by atoms with Crippen molar-refractivity contribution >= 4 is 27.5 Å². The molecule has 39 heavy (non-hydrogen) atoms. The molecule has 2 N–H and O–H groups in total. The first-order valence-corrected chi connectivity index (χ1v) is 13.2. The summed E-state index contributed by atoms with van der Waals surface area (Å²) in [5.41, 5.74) is 0.775. The van der Waals surface area contributed by atoms with E-state index in [-0.39, 0.29) is 23.0 Å². The maximum Gasteiger partial charge on any atom is 0.319 e. The monoisotopic (exact) mass is 525 g/mol. The number of aryl methyl sites for hydroxylation is 1. The molecule has 0 amide bonds. The third-order valence-corrected chi connectivity index (χ3v) is 7.74. The van der Waals surface area contributed by atoms with Crippen molar-refractivity contribution in [3.8, 4) is 23.0 Å². The summed E-state index contributed by atoms with van der Waals surface area (Å²) in [5, 5.41) is 16.1. The minimum absolute atomic E-state index is 0.0444. The SMILES string of the molecule is Cn1ccnc1CCOc1nc(N2C[C@H]3CC[C@@H](C2)N3)c2cnc(-c3cc(O)cc4ccccc34)c(F)c2n1. The van der Waals surface area contributed by atoms with Crippen LogP contribution in [0.2, 0.25) is 0 Å². The molecule has 5 heterocycles. The molecule has 7 rings (SSSR count). The maximum atomic E-state index is 16.4. The van der Waals surface area contributed by atoms with Crippen molar-refractivity contribution in [3.05, 3.63) is 66.6 Å². The Bertz CT molecular complexity index is 1690. The van der Waals surface area contributed by atoms with Gasteiger partial charge in [0.25, 0.3) is 0 Å². The normalized spacial score (nSPS) is 18.8. The van der Waals surface area contributed by atoms with Crippen LogP contribution >= 0.6 is 0 Å². The van der Waals surface area contributed by atoms with E-state index in [1.165, 1.54) is 0 Å². The van der Waals surface area contributed by atoms with Gasteiger partial charge in [-0.2, -0.15) is 9.97 Å². The number of halogens is 1. The van der Waals surface area contributed by atoms with Crippen LogP contribution in [0.5, 0.6) is 11.8 Å². The highest BCUT2D eigenvalue weighted by Crippen LogP contribution is 2.37. The first-order chi connectivity index (χ1) is 19.0. The minimum Gasteiger partial charge on any atom is -0.508 e. The number of nitrogens with one attached hydrogen (secondary N) is 1. The third-order valence-electron chi connectivity index (χ3n) is 7.74. The molecular formula is C29H28FN7O2. The van der Waals surface area contributed by atoms with Gasteiger partial charge < -0.3 is 24.6 Å². The second-order valence-corrected chi connectivity index (χ2v) is 10.3. The van der Waals surface area contributed by atoms with Gasteiger partial charge in [0.1, 0.15) is 28.6 Å². The molecule has 198 valence electrons. The van der Waals surface area contributed by atoms with Gasteiger partial charge in [-0.15, -0.1) is 0 Å². The van der Waals surface area contributed by atoms with E-state index in [2.05, 4.69) is 25.2 Å². The zero-order valence-corrected chi connectivity index (χ0v) is 21.5. The topological polar surface area (TPSA) is 101 Å². The molecule has 5 aromatic rings. The molecule has 9 nitrogen and oxygen atoms in total. The van der Waals surface area contributed by atoms with Gasteiger partial charge in [0.05, 0.1) is 12.0 Å². The Morgan fingerprint density at radius 3 is 2.69 bits per heavy atom. The van der Waals surface area contributed by atoms with Crippen molar-refractivity contribution in [1.29, 1.82) is 0 Å². The van der Waals surface area contributed by atoms with Gasteiger partial charge in [-0.05, 0) is 35.7 Å². The van der Waals surface area contributed by atoms with E-state index >= 15 is 4.39 Å². The highest BCUT2D eigenvalue weighted by Gasteiger charge is 2.34. The Balaban J connectivity index is 1.33. The molecule has 3 aromatic heterocycles. The van der Waals surface area contributed by atoms with Gasteiger partial charge in [0.2, 0.25) is 0 Å². The Morgan fingerprint density at radius 2 is 1.90 bits per heavy atom. The van der Waals surface area contributed by atoms with E-state index in [0.29, 0.717) is 41.9 Å². The van der Waals surface area contributed by atoms with Gasteiger partial charge in [0, 0.05) is 62.8 Å². The number of piperazine rings is 1. The van der Waals surface area contributed by atoms with E-state index in [0.717, 1.165) is 42.5 Å². The number of phenols is 1. The van der Waals surface area contributed by atoms with Gasteiger partial charge >= 0.3 is 6.01 Å². The van der Waals surface area contributed by atoms with Crippen LogP contribution in [0.3, 0.4) is 0 Å². The summed E-state index contributed by atoms with van der Waals surface area (Å²) in [6.45, 7) is 1.85. The number of hydrogen-bond donors (Lipinski definition) is 2. The van der Waals surface area contributed by atoms with Crippen LogP contribution in [0.4, 0.5) is 10.2 Å². The summed E-state index contributed by atoms with van der Waals surface area (Å²) in [6.07, 6.45) is 8.05. The molecule has 2 bridgehead atoms. The van der Waals surface area contributed by atoms with Crippen LogP contribution in [-0.2, 0) is 13.5 Å². The zero-order valence-electron chi connectivity index (χ0n) is 21.5. The number of aromatic nitrogens is 5. The van der Waals surface area contributed by atoms with Crippen LogP contribution in [0.25, 0.3) is 32.9 Å². The fourth-order valence-electron chi connectivity index (χ4n) is 5.85. The van der Waals surface area contributed by atoms with Gasteiger partial charge in [-0.3, -0.25) is 4.98 Å². The van der Waals surface area contributed by atoms with Crippen molar-refractivity contribution in [1.82, 2.24) is 29.8 Å². The number of benzene rings is 2. The van der Waals surface area contributed by atoms with Crippen LogP contribution in [0, 0.1) is 5.82 Å². The Morgan fingerprint density at radius 1 is 1.08 bits per heavy atom. The molecule has 2 aromatic carbocycles.